The number of carbonyl (C=O) groups is 2. The molecule has 0 aromatic rings. The molecule has 8 heteroatoms. The van der Waals surface area contributed by atoms with Crippen molar-refractivity contribution in [2.45, 2.75) is 0 Å². The van der Waals surface area contributed by atoms with Crippen LogP contribution in [0, 0.1) is 4.91 Å². The number of urea groups is 1. The summed E-state index contributed by atoms with van der Waals surface area (Å²) in [6.07, 6.45) is 0.276. The van der Waals surface area contributed by atoms with E-state index < -0.39 is 10.7 Å². The van der Waals surface area contributed by atoms with Crippen LogP contribution in [-0.4, -0.2) is 41.6 Å². The topological polar surface area (TPSA) is 92.8 Å². The molecule has 0 spiro atoms. The molecule has 1 unspecified atom stereocenters. The summed E-state index contributed by atoms with van der Waals surface area (Å²) in [5.41, 5.74) is 4.93. The molecule has 0 saturated heterocycles. The van der Waals surface area contributed by atoms with Crippen LogP contribution in [0.1, 0.15) is 0 Å². The molecule has 0 saturated carbocycles. The summed E-state index contributed by atoms with van der Waals surface area (Å²) in [5, 5.41) is 3.25. The molecule has 0 rings (SSSR count). The van der Waals surface area contributed by atoms with E-state index in [-0.39, 0.29) is 18.8 Å². The maximum atomic E-state index is 10.9. The zero-order chi connectivity index (χ0) is 10.5. The predicted molar refractivity (Wildman–Crippen MR) is 45.1 cm³/mol. The smallest absolute Gasteiger partial charge is 0.315 e. The molecule has 0 fully saturated rings. The van der Waals surface area contributed by atoms with E-state index in [1.165, 1.54) is 7.05 Å². The molecule has 0 heterocycles. The number of rotatable bonds is 5. The lowest BCUT2D eigenvalue weighted by Gasteiger charge is -2.27. The molecule has 0 radical (unpaired) electrons. The van der Waals surface area contributed by atoms with E-state index in [1.54, 1.807) is 0 Å². The first-order valence-electron chi connectivity index (χ1n) is 3.32. The highest BCUT2D eigenvalue weighted by molar-refractivity contribution is 6.18. The molecule has 0 aromatic heterocycles. The number of nitroso groups, excluding NO2 is 1. The molecule has 0 aromatic carbocycles. The Balaban J connectivity index is 4.95. The van der Waals surface area contributed by atoms with Gasteiger partial charge in [0.2, 0.25) is 0 Å². The Labute approximate surface area is 79.5 Å². The van der Waals surface area contributed by atoms with Gasteiger partial charge in [-0.1, -0.05) is 4.91 Å². The Morgan fingerprint density at radius 3 is 2.54 bits per heavy atom. The third kappa shape index (κ3) is 2.13. The van der Waals surface area contributed by atoms with E-state index >= 15 is 0 Å². The van der Waals surface area contributed by atoms with Gasteiger partial charge in [0.1, 0.15) is 0 Å². The van der Waals surface area contributed by atoms with Gasteiger partial charge < -0.3 is 5.73 Å². The molecule has 13 heavy (non-hydrogen) atoms. The number of amides is 3. The van der Waals surface area contributed by atoms with Gasteiger partial charge in [-0.05, 0) is 0 Å². The van der Waals surface area contributed by atoms with Crippen LogP contribution in [-0.2, 0) is 4.79 Å². The van der Waals surface area contributed by atoms with Crippen molar-refractivity contribution in [2.75, 3.05) is 19.5 Å². The Hall–Kier alpha value is -1.21. The zero-order valence-corrected chi connectivity index (χ0v) is 7.77. The highest BCUT2D eigenvalue weighted by Crippen LogP contribution is 2.10. The lowest BCUT2D eigenvalue weighted by molar-refractivity contribution is -0.953. The van der Waals surface area contributed by atoms with Crippen molar-refractivity contribution in [1.29, 1.82) is 0 Å². The number of primary amides is 1. The van der Waals surface area contributed by atoms with Crippen LogP contribution in [0.2, 0.25) is 0 Å². The number of alkyl halides is 1. The van der Waals surface area contributed by atoms with Crippen LogP contribution in [0.4, 0.5) is 4.79 Å². The molecule has 0 bridgehead atoms. The molecule has 1 atom stereocenters. The van der Waals surface area contributed by atoms with E-state index in [4.69, 9.17) is 17.3 Å². The van der Waals surface area contributed by atoms with E-state index in [0.717, 1.165) is 5.01 Å². The molecule has 0 aliphatic heterocycles. The molecule has 2 N–H and O–H groups in total. The minimum atomic E-state index is -1.16. The lowest BCUT2D eigenvalue weighted by Crippen LogP contribution is -2.61. The van der Waals surface area contributed by atoms with Gasteiger partial charge in [0.15, 0.2) is 11.8 Å². The fourth-order valence-electron chi connectivity index (χ4n) is 0.758. The van der Waals surface area contributed by atoms with Gasteiger partial charge in [-0.3, -0.25) is 4.79 Å². The van der Waals surface area contributed by atoms with Crippen LogP contribution in [0.5, 0.6) is 0 Å². The summed E-state index contributed by atoms with van der Waals surface area (Å²) < 4.78 is -1.16. The number of nitrogens with two attached hydrogens (primary N) is 1. The van der Waals surface area contributed by atoms with Gasteiger partial charge in [0.25, 0.3) is 6.41 Å². The van der Waals surface area contributed by atoms with Gasteiger partial charge in [-0.25, -0.2) is 4.79 Å². The first-order chi connectivity index (χ1) is 6.05. The van der Waals surface area contributed by atoms with Crippen molar-refractivity contribution in [3.05, 3.63) is 4.91 Å². The maximum Gasteiger partial charge on any atom is 0.468 e. The minimum absolute atomic E-state index is 0.0210. The van der Waals surface area contributed by atoms with Crippen LogP contribution in [0.3, 0.4) is 0 Å². The third-order valence-corrected chi connectivity index (χ3v) is 1.73. The average Bonchev–Trinajstić information content (AvgIpc) is 2.12. The van der Waals surface area contributed by atoms with Crippen molar-refractivity contribution in [3.8, 4) is 0 Å². The number of halogens is 1. The Kier molecular flexibility index (Phi) is 4.29. The number of hydrogen-bond donors (Lipinski definition) is 1. The largest absolute Gasteiger partial charge is 0.468 e. The maximum absolute atomic E-state index is 10.9. The highest BCUT2D eigenvalue weighted by atomic mass is 35.5. The highest BCUT2D eigenvalue weighted by Gasteiger charge is 2.42. The number of hydrogen-bond acceptors (Lipinski definition) is 4. The summed E-state index contributed by atoms with van der Waals surface area (Å²) >= 11 is 5.34. The van der Waals surface area contributed by atoms with Gasteiger partial charge in [0.05, 0.1) is 12.9 Å². The molecule has 0 aliphatic rings. The van der Waals surface area contributed by atoms with E-state index in [9.17, 15) is 14.5 Å². The fraction of sp³-hybridized carbons (Fsp3) is 0.600. The number of carbonyl (C=O) groups excluding carboxylic acids is 2. The molecular formula is C5H10ClN4O3+. The predicted octanol–water partition coefficient (Wildman–Crippen LogP) is -0.195. The van der Waals surface area contributed by atoms with Gasteiger partial charge in [-0.15, -0.1) is 11.6 Å². The number of quaternary nitrogens is 1. The average molecular weight is 210 g/mol. The van der Waals surface area contributed by atoms with Crippen molar-refractivity contribution >= 4 is 24.0 Å². The van der Waals surface area contributed by atoms with E-state index in [2.05, 4.69) is 5.29 Å². The Morgan fingerprint density at radius 2 is 2.31 bits per heavy atom. The van der Waals surface area contributed by atoms with Crippen molar-refractivity contribution in [2.24, 2.45) is 11.0 Å². The first-order valence-corrected chi connectivity index (χ1v) is 3.86. The fourth-order valence-corrected chi connectivity index (χ4v) is 0.994. The van der Waals surface area contributed by atoms with Crippen LogP contribution >= 0.6 is 11.6 Å². The van der Waals surface area contributed by atoms with Crippen LogP contribution in [0.15, 0.2) is 5.29 Å². The third-order valence-electron chi connectivity index (χ3n) is 1.56. The van der Waals surface area contributed by atoms with Gasteiger partial charge in [0, 0.05) is 4.70 Å². The summed E-state index contributed by atoms with van der Waals surface area (Å²) in [6.45, 7) is -0.157. The summed E-state index contributed by atoms with van der Waals surface area (Å²) in [6, 6.07) is -1.05. The quantitative estimate of drug-likeness (QED) is 0.224. The van der Waals surface area contributed by atoms with Gasteiger partial charge >= 0.3 is 6.03 Å². The van der Waals surface area contributed by atoms with Crippen LogP contribution < -0.4 is 5.73 Å². The molecule has 74 valence electrons. The minimum Gasteiger partial charge on any atom is -0.315 e. The van der Waals surface area contributed by atoms with Crippen molar-refractivity contribution in [1.82, 2.24) is 5.01 Å². The second-order valence-electron chi connectivity index (χ2n) is 2.24. The second-order valence-corrected chi connectivity index (χ2v) is 2.62. The first kappa shape index (κ1) is 11.8. The monoisotopic (exact) mass is 209 g/mol. The summed E-state index contributed by atoms with van der Waals surface area (Å²) in [5.74, 6) is -0.0210. The Morgan fingerprint density at radius 1 is 1.77 bits per heavy atom. The standard InChI is InChI=1S/C5H9ClN4O3/c1-9(4-11)10(8-13,3-2-6)5(7)12/h4H,2-3H2,1H3,(H-,7,12)/p+1. The molecule has 0 aliphatic carbocycles. The van der Waals surface area contributed by atoms with Crippen LogP contribution in [0.25, 0.3) is 0 Å². The molecular weight excluding hydrogens is 200 g/mol. The second kappa shape index (κ2) is 4.73. The van der Waals surface area contributed by atoms with Gasteiger partial charge in [-0.2, -0.15) is 5.01 Å². The number of nitrogens with zero attached hydrogens (tertiary/aromatic N) is 3. The summed E-state index contributed by atoms with van der Waals surface area (Å²) in [4.78, 5) is 31.7. The Bertz CT molecular complexity index is 224. The summed E-state index contributed by atoms with van der Waals surface area (Å²) in [7, 11) is 1.21. The van der Waals surface area contributed by atoms with Crippen molar-refractivity contribution < 1.29 is 14.3 Å². The van der Waals surface area contributed by atoms with E-state index in [1.807, 2.05) is 0 Å². The van der Waals surface area contributed by atoms with E-state index in [0.29, 0.717) is 0 Å². The SMILES string of the molecule is CN(C=O)[N+](CCCl)(N=O)C(N)=O. The zero-order valence-electron chi connectivity index (χ0n) is 7.01. The molecule has 7 nitrogen and oxygen atoms in total. The lowest BCUT2D eigenvalue weighted by atomic mass is 10.6. The van der Waals surface area contributed by atoms with Crippen molar-refractivity contribution in [3.63, 3.8) is 0 Å². The molecule has 3 amide bonds. The normalized spacial score (nSPS) is 14.3.